The SMILES string of the molecule is COc1cc(/C=N/n2c(C)cc(C)c(C#N)c2=O)ccc1OCc1ccc(Cl)cc1Cl. The topological polar surface area (TPSA) is 76.6 Å². The van der Waals surface area contributed by atoms with E-state index < -0.39 is 5.56 Å². The van der Waals surface area contributed by atoms with Crippen LogP contribution in [0.1, 0.15) is 27.9 Å². The van der Waals surface area contributed by atoms with Crippen LogP contribution in [0.25, 0.3) is 0 Å². The van der Waals surface area contributed by atoms with Crippen molar-refractivity contribution in [1.29, 1.82) is 5.26 Å². The summed E-state index contributed by atoms with van der Waals surface area (Å²) in [6.45, 7) is 3.73. The van der Waals surface area contributed by atoms with Crippen LogP contribution < -0.4 is 15.0 Å². The molecule has 1 heterocycles. The number of aromatic nitrogens is 1. The number of aryl methyl sites for hydroxylation is 2. The molecule has 0 aliphatic rings. The van der Waals surface area contributed by atoms with Gasteiger partial charge < -0.3 is 9.47 Å². The molecular weight excluding hydrogens is 437 g/mol. The van der Waals surface area contributed by atoms with Gasteiger partial charge in [-0.2, -0.15) is 10.4 Å². The van der Waals surface area contributed by atoms with E-state index in [1.54, 1.807) is 56.3 Å². The van der Waals surface area contributed by atoms with Crippen LogP contribution in [0.3, 0.4) is 0 Å². The van der Waals surface area contributed by atoms with E-state index in [1.807, 2.05) is 6.07 Å². The molecule has 8 heteroatoms. The van der Waals surface area contributed by atoms with Gasteiger partial charge in [0.25, 0.3) is 5.56 Å². The van der Waals surface area contributed by atoms with Gasteiger partial charge in [0.05, 0.1) is 13.3 Å². The van der Waals surface area contributed by atoms with E-state index in [9.17, 15) is 10.1 Å². The number of hydrogen-bond acceptors (Lipinski definition) is 5. The standard InChI is InChI=1S/C23H19Cl2N3O3/c1-14-8-15(2)28(23(29)19(14)11-26)27-12-16-4-7-21(22(9-16)30-3)31-13-17-5-6-18(24)10-20(17)25/h4-10,12H,13H2,1-3H3/b27-12+. The van der Waals surface area contributed by atoms with Crippen molar-refractivity contribution in [3.05, 3.63) is 90.8 Å². The lowest BCUT2D eigenvalue weighted by molar-refractivity contribution is 0.284. The van der Waals surface area contributed by atoms with E-state index >= 15 is 0 Å². The maximum Gasteiger partial charge on any atom is 0.289 e. The van der Waals surface area contributed by atoms with Crippen molar-refractivity contribution in [2.45, 2.75) is 20.5 Å². The molecule has 0 spiro atoms. The molecule has 3 aromatic rings. The molecule has 0 bridgehead atoms. The minimum atomic E-state index is -0.456. The number of ether oxygens (including phenoxy) is 2. The van der Waals surface area contributed by atoms with Crippen molar-refractivity contribution in [1.82, 2.24) is 4.68 Å². The first-order valence-electron chi connectivity index (χ1n) is 9.26. The van der Waals surface area contributed by atoms with Crippen molar-refractivity contribution in [2.75, 3.05) is 7.11 Å². The number of benzene rings is 2. The third-order valence-electron chi connectivity index (χ3n) is 4.58. The Bertz CT molecular complexity index is 1260. The second kappa shape index (κ2) is 9.69. The van der Waals surface area contributed by atoms with Gasteiger partial charge in [-0.15, -0.1) is 0 Å². The maximum absolute atomic E-state index is 12.5. The molecule has 0 saturated heterocycles. The number of halogens is 2. The van der Waals surface area contributed by atoms with Gasteiger partial charge in [0, 0.05) is 21.3 Å². The van der Waals surface area contributed by atoms with Crippen LogP contribution in [0, 0.1) is 25.2 Å². The molecule has 0 atom stereocenters. The van der Waals surface area contributed by atoms with Crippen molar-refractivity contribution in [2.24, 2.45) is 5.10 Å². The molecule has 0 aliphatic carbocycles. The summed E-state index contributed by atoms with van der Waals surface area (Å²) in [5, 5.41) is 14.5. The highest BCUT2D eigenvalue weighted by atomic mass is 35.5. The summed E-state index contributed by atoms with van der Waals surface area (Å²) in [7, 11) is 1.53. The van der Waals surface area contributed by atoms with Crippen molar-refractivity contribution >= 4 is 29.4 Å². The molecule has 0 fully saturated rings. The highest BCUT2D eigenvalue weighted by molar-refractivity contribution is 6.35. The van der Waals surface area contributed by atoms with Gasteiger partial charge in [0.1, 0.15) is 18.2 Å². The molecule has 0 N–H and O–H groups in total. The molecule has 1 aromatic heterocycles. The number of nitriles is 1. The fourth-order valence-corrected chi connectivity index (χ4v) is 3.43. The monoisotopic (exact) mass is 455 g/mol. The quantitative estimate of drug-likeness (QED) is 0.483. The van der Waals surface area contributed by atoms with Crippen LogP contribution in [-0.2, 0) is 6.61 Å². The van der Waals surface area contributed by atoms with Gasteiger partial charge in [-0.1, -0.05) is 29.3 Å². The van der Waals surface area contributed by atoms with Gasteiger partial charge in [0.15, 0.2) is 11.5 Å². The zero-order valence-corrected chi connectivity index (χ0v) is 18.7. The number of hydrogen-bond donors (Lipinski definition) is 0. The average molecular weight is 456 g/mol. The molecular formula is C23H19Cl2N3O3. The first-order chi connectivity index (χ1) is 14.8. The summed E-state index contributed by atoms with van der Waals surface area (Å²) in [6.07, 6.45) is 1.52. The highest BCUT2D eigenvalue weighted by Gasteiger charge is 2.10. The second-order valence-electron chi connectivity index (χ2n) is 6.75. The van der Waals surface area contributed by atoms with E-state index in [0.29, 0.717) is 38.4 Å². The summed E-state index contributed by atoms with van der Waals surface area (Å²) >= 11 is 12.1. The second-order valence-corrected chi connectivity index (χ2v) is 7.60. The molecule has 158 valence electrons. The Morgan fingerprint density at radius 3 is 2.58 bits per heavy atom. The number of methoxy groups -OCH3 is 1. The van der Waals surface area contributed by atoms with Crippen molar-refractivity contribution in [3.63, 3.8) is 0 Å². The number of rotatable bonds is 6. The molecule has 0 amide bonds. The smallest absolute Gasteiger partial charge is 0.289 e. The first-order valence-corrected chi connectivity index (χ1v) is 10.0. The van der Waals surface area contributed by atoms with Gasteiger partial charge in [0.2, 0.25) is 0 Å². The van der Waals surface area contributed by atoms with Gasteiger partial charge in [-0.05, 0) is 61.4 Å². The molecule has 0 saturated carbocycles. The van der Waals surface area contributed by atoms with E-state index in [4.69, 9.17) is 32.7 Å². The van der Waals surface area contributed by atoms with E-state index in [2.05, 4.69) is 5.10 Å². The predicted octanol–water partition coefficient (Wildman–Crippen LogP) is 5.11. The summed E-state index contributed by atoms with van der Waals surface area (Å²) < 4.78 is 12.5. The average Bonchev–Trinajstić information content (AvgIpc) is 2.73. The molecule has 3 rings (SSSR count). The van der Waals surface area contributed by atoms with Gasteiger partial charge >= 0.3 is 0 Å². The Kier molecular flexibility index (Phi) is 7.01. The van der Waals surface area contributed by atoms with Crippen LogP contribution in [0.4, 0.5) is 0 Å². The van der Waals surface area contributed by atoms with E-state index in [-0.39, 0.29) is 12.2 Å². The van der Waals surface area contributed by atoms with E-state index in [0.717, 1.165) is 5.56 Å². The summed E-state index contributed by atoms with van der Waals surface area (Å²) in [5.74, 6) is 1.03. The summed E-state index contributed by atoms with van der Waals surface area (Å²) in [4.78, 5) is 12.5. The Balaban J connectivity index is 1.84. The fourth-order valence-electron chi connectivity index (χ4n) is 2.96. The molecule has 31 heavy (non-hydrogen) atoms. The predicted molar refractivity (Wildman–Crippen MR) is 122 cm³/mol. The molecule has 2 aromatic carbocycles. The molecule has 0 radical (unpaired) electrons. The van der Waals surface area contributed by atoms with Crippen LogP contribution in [0.2, 0.25) is 10.0 Å². The summed E-state index contributed by atoms with van der Waals surface area (Å²) in [6, 6.07) is 14.1. The van der Waals surface area contributed by atoms with Crippen LogP contribution in [-0.4, -0.2) is 18.0 Å². The maximum atomic E-state index is 12.5. The van der Waals surface area contributed by atoms with Crippen LogP contribution in [0.15, 0.2) is 52.4 Å². The number of pyridine rings is 1. The summed E-state index contributed by atoms with van der Waals surface area (Å²) in [5.41, 5.74) is 2.36. The molecule has 6 nitrogen and oxygen atoms in total. The zero-order valence-electron chi connectivity index (χ0n) is 17.1. The van der Waals surface area contributed by atoms with Gasteiger partial charge in [-0.3, -0.25) is 4.79 Å². The minimum absolute atomic E-state index is 0.0740. The Morgan fingerprint density at radius 2 is 1.90 bits per heavy atom. The largest absolute Gasteiger partial charge is 0.493 e. The van der Waals surface area contributed by atoms with Crippen molar-refractivity contribution in [3.8, 4) is 17.6 Å². The Hall–Kier alpha value is -3.27. The first kappa shape index (κ1) is 22.4. The molecule has 0 aliphatic heterocycles. The third-order valence-corrected chi connectivity index (χ3v) is 5.17. The van der Waals surface area contributed by atoms with Crippen molar-refractivity contribution < 1.29 is 9.47 Å². The normalized spacial score (nSPS) is 10.8. The molecule has 0 unspecified atom stereocenters. The fraction of sp³-hybridized carbons (Fsp3) is 0.174. The lowest BCUT2D eigenvalue weighted by Gasteiger charge is -2.12. The Morgan fingerprint density at radius 1 is 1.13 bits per heavy atom. The Labute approximate surface area is 189 Å². The lowest BCUT2D eigenvalue weighted by Crippen LogP contribution is -2.22. The van der Waals surface area contributed by atoms with Gasteiger partial charge in [-0.25, -0.2) is 4.68 Å². The highest BCUT2D eigenvalue weighted by Crippen LogP contribution is 2.29. The van der Waals surface area contributed by atoms with Crippen LogP contribution >= 0.6 is 23.2 Å². The number of nitrogens with zero attached hydrogens (tertiary/aromatic N) is 3. The lowest BCUT2D eigenvalue weighted by atomic mass is 10.1. The van der Waals surface area contributed by atoms with E-state index in [1.165, 1.54) is 18.0 Å². The van der Waals surface area contributed by atoms with Crippen LogP contribution in [0.5, 0.6) is 11.5 Å². The zero-order chi connectivity index (χ0) is 22.5. The third kappa shape index (κ3) is 5.08. The minimum Gasteiger partial charge on any atom is -0.493 e.